The van der Waals surface area contributed by atoms with E-state index in [9.17, 15) is 9.59 Å². The van der Waals surface area contributed by atoms with E-state index in [1.807, 2.05) is 6.08 Å². The molecule has 2 rings (SSSR count). The second-order valence-corrected chi connectivity index (χ2v) is 5.06. The maximum absolute atomic E-state index is 12.1. The van der Waals surface area contributed by atoms with Crippen LogP contribution in [0.4, 0.5) is 0 Å². The van der Waals surface area contributed by atoms with Gasteiger partial charge in [-0.3, -0.25) is 9.59 Å². The van der Waals surface area contributed by atoms with E-state index >= 15 is 0 Å². The lowest BCUT2D eigenvalue weighted by Crippen LogP contribution is -2.52. The van der Waals surface area contributed by atoms with Crippen LogP contribution in [0.1, 0.15) is 45.4 Å². The number of carbonyl (C=O) groups is 2. The highest BCUT2D eigenvalue weighted by Crippen LogP contribution is 2.55. The molecular weight excluding hydrogens is 216 g/mol. The number of ketones is 1. The quantitative estimate of drug-likeness (QED) is 0.556. The van der Waals surface area contributed by atoms with E-state index in [-0.39, 0.29) is 17.7 Å². The fraction of sp³-hybridized carbons (Fsp3) is 0.714. The Morgan fingerprint density at radius 1 is 1.59 bits per heavy atom. The Hall–Kier alpha value is -1.12. The van der Waals surface area contributed by atoms with Crippen LogP contribution in [0.5, 0.6) is 0 Å². The summed E-state index contributed by atoms with van der Waals surface area (Å²) in [6, 6.07) is 0. The summed E-state index contributed by atoms with van der Waals surface area (Å²) in [5, 5.41) is 0. The molecule has 0 aromatic carbocycles. The Morgan fingerprint density at radius 2 is 2.35 bits per heavy atom. The molecule has 1 fully saturated rings. The van der Waals surface area contributed by atoms with E-state index in [4.69, 9.17) is 4.74 Å². The van der Waals surface area contributed by atoms with Gasteiger partial charge in [0.1, 0.15) is 11.2 Å². The van der Waals surface area contributed by atoms with Crippen molar-refractivity contribution in [1.29, 1.82) is 0 Å². The molecule has 2 aliphatic rings. The third kappa shape index (κ3) is 1.72. The largest absolute Gasteiger partial charge is 0.468 e. The van der Waals surface area contributed by atoms with Gasteiger partial charge in [0.05, 0.1) is 13.0 Å². The molecule has 0 aliphatic heterocycles. The summed E-state index contributed by atoms with van der Waals surface area (Å²) >= 11 is 0. The van der Waals surface area contributed by atoms with E-state index in [0.717, 1.165) is 37.7 Å². The van der Waals surface area contributed by atoms with E-state index in [2.05, 4.69) is 6.92 Å². The van der Waals surface area contributed by atoms with Crippen molar-refractivity contribution in [3.8, 4) is 0 Å². The zero-order valence-corrected chi connectivity index (χ0v) is 10.6. The predicted octanol–water partition coefficient (Wildman–Crippen LogP) is 2.65. The van der Waals surface area contributed by atoms with Crippen molar-refractivity contribution >= 4 is 11.8 Å². The molecule has 0 spiro atoms. The highest BCUT2D eigenvalue weighted by molar-refractivity contribution is 5.97. The van der Waals surface area contributed by atoms with Crippen LogP contribution < -0.4 is 0 Å². The summed E-state index contributed by atoms with van der Waals surface area (Å²) in [4.78, 5) is 23.9. The fourth-order valence-electron chi connectivity index (χ4n) is 3.19. The average molecular weight is 236 g/mol. The second kappa shape index (κ2) is 4.63. The van der Waals surface area contributed by atoms with Crippen LogP contribution in [-0.4, -0.2) is 18.9 Å². The predicted molar refractivity (Wildman–Crippen MR) is 64.4 cm³/mol. The van der Waals surface area contributed by atoms with Gasteiger partial charge in [-0.25, -0.2) is 0 Å². The molecule has 0 N–H and O–H groups in total. The molecule has 0 aromatic rings. The Balaban J connectivity index is 2.25. The molecule has 3 nitrogen and oxygen atoms in total. The molecule has 2 unspecified atom stereocenters. The van der Waals surface area contributed by atoms with Crippen LogP contribution >= 0.6 is 0 Å². The number of hydrogen-bond donors (Lipinski definition) is 0. The summed E-state index contributed by atoms with van der Waals surface area (Å²) in [5.74, 6) is -0.193. The van der Waals surface area contributed by atoms with Crippen LogP contribution in [0, 0.1) is 11.3 Å². The van der Waals surface area contributed by atoms with Gasteiger partial charge in [0.25, 0.3) is 0 Å². The van der Waals surface area contributed by atoms with Gasteiger partial charge >= 0.3 is 5.97 Å². The fourth-order valence-corrected chi connectivity index (χ4v) is 3.19. The third-order valence-electron chi connectivity index (χ3n) is 4.16. The minimum Gasteiger partial charge on any atom is -0.468 e. The van der Waals surface area contributed by atoms with Crippen LogP contribution in [0.25, 0.3) is 0 Å². The summed E-state index contributed by atoms with van der Waals surface area (Å²) in [6.07, 6.45) is 7.32. The zero-order valence-electron chi connectivity index (χ0n) is 10.6. The summed E-state index contributed by atoms with van der Waals surface area (Å²) in [7, 11) is 1.42. The zero-order chi connectivity index (χ0) is 12.5. The number of Topliss-reactive ketones (excluding diaryl/α,β-unsaturated/α-hetero) is 1. The van der Waals surface area contributed by atoms with Crippen molar-refractivity contribution in [1.82, 2.24) is 0 Å². The molecule has 94 valence electrons. The van der Waals surface area contributed by atoms with E-state index in [1.165, 1.54) is 7.11 Å². The topological polar surface area (TPSA) is 43.4 Å². The van der Waals surface area contributed by atoms with Crippen molar-refractivity contribution in [3.63, 3.8) is 0 Å². The van der Waals surface area contributed by atoms with Gasteiger partial charge in [0.2, 0.25) is 0 Å². The number of hydrogen-bond acceptors (Lipinski definition) is 3. The maximum Gasteiger partial charge on any atom is 0.317 e. The minimum atomic E-state index is -0.584. The second-order valence-electron chi connectivity index (χ2n) is 5.06. The van der Waals surface area contributed by atoms with Gasteiger partial charge < -0.3 is 4.74 Å². The Morgan fingerprint density at radius 3 is 3.00 bits per heavy atom. The molecule has 2 atom stereocenters. The van der Waals surface area contributed by atoms with Gasteiger partial charge in [-0.15, -0.1) is 0 Å². The van der Waals surface area contributed by atoms with Crippen LogP contribution in [0.2, 0.25) is 0 Å². The first kappa shape index (κ1) is 12.3. The summed E-state index contributed by atoms with van der Waals surface area (Å²) in [6.45, 7) is 2.13. The van der Waals surface area contributed by atoms with E-state index < -0.39 is 5.41 Å². The summed E-state index contributed by atoms with van der Waals surface area (Å²) < 4.78 is 4.94. The van der Waals surface area contributed by atoms with Crippen LogP contribution in [0.3, 0.4) is 0 Å². The molecule has 2 aliphatic carbocycles. The molecule has 3 heteroatoms. The monoisotopic (exact) mass is 236 g/mol. The van der Waals surface area contributed by atoms with Crippen LogP contribution in [0.15, 0.2) is 11.6 Å². The van der Waals surface area contributed by atoms with Crippen molar-refractivity contribution in [2.24, 2.45) is 11.3 Å². The molecule has 0 heterocycles. The smallest absolute Gasteiger partial charge is 0.317 e. The van der Waals surface area contributed by atoms with Gasteiger partial charge in [0.15, 0.2) is 0 Å². The van der Waals surface area contributed by atoms with Gasteiger partial charge in [-0.1, -0.05) is 25.0 Å². The molecule has 17 heavy (non-hydrogen) atoms. The maximum atomic E-state index is 12.1. The third-order valence-corrected chi connectivity index (χ3v) is 4.16. The Bertz CT molecular complexity index is 370. The normalized spacial score (nSPS) is 31.3. The van der Waals surface area contributed by atoms with Gasteiger partial charge in [-0.05, 0) is 25.7 Å². The number of rotatable bonds is 4. The molecule has 0 aromatic heterocycles. The lowest BCUT2D eigenvalue weighted by atomic mass is 9.53. The number of esters is 1. The molecule has 0 bridgehead atoms. The van der Waals surface area contributed by atoms with Crippen molar-refractivity contribution in [3.05, 3.63) is 11.6 Å². The SMILES string of the molecule is CCCCC1=CC2C(=O)CCCC12C(=O)OC. The lowest BCUT2D eigenvalue weighted by molar-refractivity contribution is -0.160. The Labute approximate surface area is 102 Å². The number of ether oxygens (including phenoxy) is 1. The highest BCUT2D eigenvalue weighted by atomic mass is 16.5. The molecule has 0 radical (unpaired) electrons. The average Bonchev–Trinajstić information content (AvgIpc) is 2.31. The van der Waals surface area contributed by atoms with E-state index in [1.54, 1.807) is 0 Å². The first-order valence-electron chi connectivity index (χ1n) is 6.49. The number of fused-ring (bicyclic) bond motifs is 1. The Kier molecular flexibility index (Phi) is 3.36. The number of allylic oxidation sites excluding steroid dienone is 1. The van der Waals surface area contributed by atoms with Gasteiger partial charge in [-0.2, -0.15) is 0 Å². The van der Waals surface area contributed by atoms with Crippen molar-refractivity contribution in [2.75, 3.05) is 7.11 Å². The first-order valence-corrected chi connectivity index (χ1v) is 6.49. The van der Waals surface area contributed by atoms with Crippen LogP contribution in [-0.2, 0) is 14.3 Å². The molecular formula is C14H20O3. The van der Waals surface area contributed by atoms with Crippen molar-refractivity contribution < 1.29 is 14.3 Å². The standard InChI is InChI=1S/C14H20O3/c1-3-4-6-10-9-11-12(15)7-5-8-14(10,11)13(16)17-2/h9,11H,3-8H2,1-2H3. The number of unbranched alkanes of at least 4 members (excludes halogenated alkanes) is 1. The lowest BCUT2D eigenvalue weighted by Gasteiger charge is -2.48. The van der Waals surface area contributed by atoms with Crippen molar-refractivity contribution in [2.45, 2.75) is 45.4 Å². The molecule has 1 saturated carbocycles. The molecule has 0 amide bonds. The summed E-state index contributed by atoms with van der Waals surface area (Å²) in [5.41, 5.74) is 0.559. The van der Waals surface area contributed by atoms with Gasteiger partial charge in [0, 0.05) is 6.42 Å². The van der Waals surface area contributed by atoms with E-state index in [0.29, 0.717) is 6.42 Å². The first-order chi connectivity index (χ1) is 8.16. The number of carbonyl (C=O) groups excluding carboxylic acids is 2. The molecule has 0 saturated heterocycles. The minimum absolute atomic E-state index is 0.199. The number of methoxy groups -OCH3 is 1. The highest BCUT2D eigenvalue weighted by Gasteiger charge is 2.58.